The summed E-state index contributed by atoms with van der Waals surface area (Å²) >= 11 is 0. The summed E-state index contributed by atoms with van der Waals surface area (Å²) in [7, 11) is 0. The lowest BCUT2D eigenvalue weighted by molar-refractivity contribution is 0.469. The minimum absolute atomic E-state index is 0.0113. The average Bonchev–Trinajstić information content (AvgIpc) is 2.67. The third kappa shape index (κ3) is 3.37. The third-order valence-corrected chi connectivity index (χ3v) is 4.93. The predicted molar refractivity (Wildman–Crippen MR) is 100 cm³/mol. The molecule has 5 heteroatoms. The van der Waals surface area contributed by atoms with Gasteiger partial charge in [-0.05, 0) is 42.8 Å². The Morgan fingerprint density at radius 2 is 2.20 bits per heavy atom. The molecule has 2 aromatic rings. The van der Waals surface area contributed by atoms with Crippen molar-refractivity contribution in [2.75, 3.05) is 18.0 Å². The van der Waals surface area contributed by atoms with Crippen LogP contribution < -0.4 is 15.5 Å². The number of benzene rings is 1. The lowest BCUT2D eigenvalue weighted by Crippen LogP contribution is -2.37. The number of rotatable bonds is 3. The molecule has 4 rings (SSSR count). The molecular weight excluding hydrogens is 310 g/mol. The zero-order chi connectivity index (χ0) is 17.2. The standard InChI is InChI=1S/C20H25N5/c1-3-15-9-14(2)10-17(11-15)25-8-5-18-16(13-25)12-23-20(24-18)19-21-6-4-7-22-19/h4,6,9-12,19,21-22H,3,5,7-8,13H2,1-2H3. The van der Waals surface area contributed by atoms with Gasteiger partial charge in [0.05, 0.1) is 5.69 Å². The summed E-state index contributed by atoms with van der Waals surface area (Å²) in [4.78, 5) is 11.9. The van der Waals surface area contributed by atoms with Crippen LogP contribution in [0.25, 0.3) is 0 Å². The Labute approximate surface area is 149 Å². The molecular formula is C20H25N5. The van der Waals surface area contributed by atoms with E-state index in [4.69, 9.17) is 4.98 Å². The van der Waals surface area contributed by atoms with E-state index in [1.165, 1.54) is 28.1 Å². The first-order chi connectivity index (χ1) is 12.2. The van der Waals surface area contributed by atoms with E-state index in [2.05, 4.69) is 58.6 Å². The number of aromatic nitrogens is 2. The number of hydrogen-bond acceptors (Lipinski definition) is 5. The number of anilines is 1. The quantitative estimate of drug-likeness (QED) is 0.903. The third-order valence-electron chi connectivity index (χ3n) is 4.93. The van der Waals surface area contributed by atoms with Crippen LogP contribution in [-0.4, -0.2) is 23.1 Å². The number of nitrogens with one attached hydrogen (secondary N) is 2. The Morgan fingerprint density at radius 3 is 3.00 bits per heavy atom. The van der Waals surface area contributed by atoms with Crippen LogP contribution in [0.3, 0.4) is 0 Å². The molecule has 2 aliphatic heterocycles. The molecule has 0 saturated heterocycles. The molecule has 0 saturated carbocycles. The summed E-state index contributed by atoms with van der Waals surface area (Å²) in [6, 6.07) is 6.87. The smallest absolute Gasteiger partial charge is 0.165 e. The minimum Gasteiger partial charge on any atom is -0.370 e. The van der Waals surface area contributed by atoms with Crippen LogP contribution in [0.15, 0.2) is 36.7 Å². The minimum atomic E-state index is 0.0113. The molecule has 0 amide bonds. The van der Waals surface area contributed by atoms with Crippen LogP contribution in [0.1, 0.15) is 41.3 Å². The topological polar surface area (TPSA) is 53.1 Å². The molecule has 130 valence electrons. The van der Waals surface area contributed by atoms with Crippen molar-refractivity contribution in [3.8, 4) is 0 Å². The molecule has 3 heterocycles. The highest BCUT2D eigenvalue weighted by Crippen LogP contribution is 2.26. The van der Waals surface area contributed by atoms with E-state index in [9.17, 15) is 0 Å². The van der Waals surface area contributed by atoms with E-state index < -0.39 is 0 Å². The molecule has 5 nitrogen and oxygen atoms in total. The predicted octanol–water partition coefficient (Wildman–Crippen LogP) is 2.62. The Morgan fingerprint density at radius 1 is 1.28 bits per heavy atom. The molecule has 0 bridgehead atoms. The maximum atomic E-state index is 4.82. The van der Waals surface area contributed by atoms with E-state index in [-0.39, 0.29) is 6.17 Å². The molecule has 1 aromatic heterocycles. The number of aryl methyl sites for hydroxylation is 2. The van der Waals surface area contributed by atoms with Crippen LogP contribution in [0.4, 0.5) is 5.69 Å². The molecule has 0 radical (unpaired) electrons. The Kier molecular flexibility index (Phi) is 4.40. The maximum Gasteiger partial charge on any atom is 0.165 e. The lowest BCUT2D eigenvalue weighted by atomic mass is 10.0. The summed E-state index contributed by atoms with van der Waals surface area (Å²) in [6.45, 7) is 7.12. The first-order valence-electron chi connectivity index (χ1n) is 9.07. The SMILES string of the molecule is CCc1cc(C)cc(N2CCc3nc(C4NC=CCN4)ncc3C2)c1. The fourth-order valence-electron chi connectivity index (χ4n) is 3.55. The highest BCUT2D eigenvalue weighted by molar-refractivity contribution is 5.52. The van der Waals surface area contributed by atoms with Gasteiger partial charge in [0.2, 0.25) is 0 Å². The summed E-state index contributed by atoms with van der Waals surface area (Å²) < 4.78 is 0. The van der Waals surface area contributed by atoms with Crippen LogP contribution in [0, 0.1) is 6.92 Å². The summed E-state index contributed by atoms with van der Waals surface area (Å²) in [5, 5.41) is 6.63. The van der Waals surface area contributed by atoms with Gasteiger partial charge in [0, 0.05) is 43.5 Å². The van der Waals surface area contributed by atoms with E-state index in [1.807, 2.05) is 12.4 Å². The van der Waals surface area contributed by atoms with Crippen LogP contribution in [-0.2, 0) is 19.4 Å². The monoisotopic (exact) mass is 335 g/mol. The van der Waals surface area contributed by atoms with E-state index >= 15 is 0 Å². The fourth-order valence-corrected chi connectivity index (χ4v) is 3.55. The number of hydrogen-bond donors (Lipinski definition) is 2. The van der Waals surface area contributed by atoms with Gasteiger partial charge in [-0.3, -0.25) is 5.32 Å². The van der Waals surface area contributed by atoms with Gasteiger partial charge in [-0.2, -0.15) is 0 Å². The van der Waals surface area contributed by atoms with Crippen molar-refractivity contribution >= 4 is 5.69 Å². The van der Waals surface area contributed by atoms with Gasteiger partial charge in [-0.25, -0.2) is 9.97 Å². The first-order valence-corrected chi connectivity index (χ1v) is 9.07. The second-order valence-corrected chi connectivity index (χ2v) is 6.81. The van der Waals surface area contributed by atoms with Crippen molar-refractivity contribution < 1.29 is 0 Å². The van der Waals surface area contributed by atoms with Gasteiger partial charge >= 0.3 is 0 Å². The second-order valence-electron chi connectivity index (χ2n) is 6.81. The molecule has 0 spiro atoms. The Hall–Kier alpha value is -2.40. The van der Waals surface area contributed by atoms with Crippen molar-refractivity contribution in [3.05, 3.63) is 64.9 Å². The molecule has 1 unspecified atom stereocenters. The van der Waals surface area contributed by atoms with E-state index in [1.54, 1.807) is 0 Å². The van der Waals surface area contributed by atoms with Gasteiger partial charge in [-0.1, -0.05) is 19.1 Å². The summed E-state index contributed by atoms with van der Waals surface area (Å²) in [5.41, 5.74) is 6.46. The van der Waals surface area contributed by atoms with Crippen molar-refractivity contribution in [1.29, 1.82) is 0 Å². The summed E-state index contributed by atoms with van der Waals surface area (Å²) in [6.07, 6.45) is 8.07. The van der Waals surface area contributed by atoms with E-state index in [0.717, 1.165) is 38.3 Å². The van der Waals surface area contributed by atoms with Gasteiger partial charge in [0.1, 0.15) is 6.17 Å². The van der Waals surface area contributed by atoms with Crippen LogP contribution in [0.5, 0.6) is 0 Å². The van der Waals surface area contributed by atoms with Crippen molar-refractivity contribution in [1.82, 2.24) is 20.6 Å². The van der Waals surface area contributed by atoms with Gasteiger partial charge in [-0.15, -0.1) is 0 Å². The summed E-state index contributed by atoms with van der Waals surface area (Å²) in [5.74, 6) is 0.834. The lowest BCUT2D eigenvalue weighted by Gasteiger charge is -2.31. The van der Waals surface area contributed by atoms with Crippen LogP contribution >= 0.6 is 0 Å². The normalized spacial score (nSPS) is 19.4. The van der Waals surface area contributed by atoms with Gasteiger partial charge in [0.25, 0.3) is 0 Å². The van der Waals surface area contributed by atoms with Crippen molar-refractivity contribution in [2.24, 2.45) is 0 Å². The molecule has 2 aliphatic rings. The van der Waals surface area contributed by atoms with Crippen LogP contribution in [0.2, 0.25) is 0 Å². The van der Waals surface area contributed by atoms with E-state index in [0.29, 0.717) is 0 Å². The molecule has 1 atom stereocenters. The Bertz CT molecular complexity index is 799. The average molecular weight is 335 g/mol. The molecule has 2 N–H and O–H groups in total. The first kappa shape index (κ1) is 16.1. The second kappa shape index (κ2) is 6.84. The fraction of sp³-hybridized carbons (Fsp3) is 0.400. The van der Waals surface area contributed by atoms with Gasteiger partial charge < -0.3 is 10.2 Å². The van der Waals surface area contributed by atoms with Crippen molar-refractivity contribution in [2.45, 2.75) is 39.4 Å². The number of fused-ring (bicyclic) bond motifs is 1. The highest BCUT2D eigenvalue weighted by Gasteiger charge is 2.21. The van der Waals surface area contributed by atoms with Gasteiger partial charge in [0.15, 0.2) is 5.82 Å². The molecule has 0 aliphatic carbocycles. The molecule has 1 aromatic carbocycles. The maximum absolute atomic E-state index is 4.82. The molecule has 25 heavy (non-hydrogen) atoms. The molecule has 0 fully saturated rings. The zero-order valence-corrected chi connectivity index (χ0v) is 14.9. The zero-order valence-electron chi connectivity index (χ0n) is 14.9. The Balaban J connectivity index is 1.55. The van der Waals surface area contributed by atoms with Crippen molar-refractivity contribution in [3.63, 3.8) is 0 Å². The highest BCUT2D eigenvalue weighted by atomic mass is 15.2. The largest absolute Gasteiger partial charge is 0.370 e. The number of nitrogens with zero attached hydrogens (tertiary/aromatic N) is 3.